The fraction of sp³-hybridized carbons (Fsp3) is 0.769. The predicted molar refractivity (Wildman–Crippen MR) is 80.1 cm³/mol. The molecule has 0 bridgehead atoms. The number of hydrogen-bond acceptors (Lipinski definition) is 7. The Morgan fingerprint density at radius 1 is 1.05 bits per heavy atom. The minimum Gasteiger partial charge on any atom is -0.381 e. The van der Waals surface area contributed by atoms with Crippen molar-refractivity contribution < 1.29 is 9.47 Å². The molecule has 3 rings (SSSR count). The molecular formula is C13H20ClN5O2. The zero-order chi connectivity index (χ0) is 14.7. The van der Waals surface area contributed by atoms with Crippen molar-refractivity contribution in [3.63, 3.8) is 0 Å². The summed E-state index contributed by atoms with van der Waals surface area (Å²) in [6, 6.07) is 0.384. The summed E-state index contributed by atoms with van der Waals surface area (Å²) in [5.74, 6) is 1.26. The van der Waals surface area contributed by atoms with E-state index in [0.717, 1.165) is 39.1 Å². The predicted octanol–water partition coefficient (Wildman–Crippen LogP) is 0.977. The van der Waals surface area contributed by atoms with Crippen LogP contribution in [-0.4, -0.2) is 67.6 Å². The number of aromatic nitrogens is 3. The van der Waals surface area contributed by atoms with Crippen molar-refractivity contribution in [3.05, 3.63) is 5.28 Å². The Bertz CT molecular complexity index is 478. The summed E-state index contributed by atoms with van der Waals surface area (Å²) in [6.07, 6.45) is 1.96. The maximum absolute atomic E-state index is 6.08. The third-order valence-electron chi connectivity index (χ3n) is 3.93. The SMILES string of the molecule is CN(c1nc(Cl)nc(N2CCOCC2)n1)C1CCOCC1. The molecule has 2 saturated heterocycles. The molecule has 0 amide bonds. The van der Waals surface area contributed by atoms with Crippen LogP contribution in [0.5, 0.6) is 0 Å². The van der Waals surface area contributed by atoms with E-state index in [-0.39, 0.29) is 5.28 Å². The molecule has 1 aromatic rings. The summed E-state index contributed by atoms with van der Waals surface area (Å²) in [5, 5.41) is 0.236. The summed E-state index contributed by atoms with van der Waals surface area (Å²) in [7, 11) is 2.00. The van der Waals surface area contributed by atoms with Gasteiger partial charge in [0.25, 0.3) is 0 Å². The highest BCUT2D eigenvalue weighted by molar-refractivity contribution is 6.28. The highest BCUT2D eigenvalue weighted by Crippen LogP contribution is 2.21. The Hall–Kier alpha value is -1.18. The molecule has 0 spiro atoms. The van der Waals surface area contributed by atoms with Gasteiger partial charge in [-0.15, -0.1) is 0 Å². The second-order valence-electron chi connectivity index (χ2n) is 5.26. The van der Waals surface area contributed by atoms with Crippen molar-refractivity contribution in [2.45, 2.75) is 18.9 Å². The monoisotopic (exact) mass is 313 g/mol. The van der Waals surface area contributed by atoms with Crippen molar-refractivity contribution in [1.82, 2.24) is 15.0 Å². The van der Waals surface area contributed by atoms with Crippen LogP contribution in [0.15, 0.2) is 0 Å². The second-order valence-corrected chi connectivity index (χ2v) is 5.60. The topological polar surface area (TPSA) is 63.6 Å². The molecule has 2 fully saturated rings. The molecule has 2 aliphatic rings. The van der Waals surface area contributed by atoms with Gasteiger partial charge >= 0.3 is 0 Å². The van der Waals surface area contributed by atoms with E-state index in [1.807, 2.05) is 7.05 Å². The lowest BCUT2D eigenvalue weighted by Crippen LogP contribution is -2.40. The highest BCUT2D eigenvalue weighted by Gasteiger charge is 2.23. The van der Waals surface area contributed by atoms with Crippen LogP contribution in [0.2, 0.25) is 5.28 Å². The van der Waals surface area contributed by atoms with Gasteiger partial charge < -0.3 is 19.3 Å². The molecule has 1 aromatic heterocycles. The van der Waals surface area contributed by atoms with E-state index in [1.54, 1.807) is 0 Å². The molecule has 8 heteroatoms. The van der Waals surface area contributed by atoms with Crippen molar-refractivity contribution in [2.75, 3.05) is 56.4 Å². The zero-order valence-corrected chi connectivity index (χ0v) is 12.9. The molecule has 0 aromatic carbocycles. The van der Waals surface area contributed by atoms with Gasteiger partial charge in [0, 0.05) is 39.4 Å². The number of anilines is 2. The number of nitrogens with zero attached hydrogens (tertiary/aromatic N) is 5. The number of hydrogen-bond donors (Lipinski definition) is 0. The van der Waals surface area contributed by atoms with Gasteiger partial charge in [-0.2, -0.15) is 15.0 Å². The summed E-state index contributed by atoms with van der Waals surface area (Å²) in [4.78, 5) is 17.3. The lowest BCUT2D eigenvalue weighted by Gasteiger charge is -2.32. The van der Waals surface area contributed by atoms with E-state index in [9.17, 15) is 0 Å². The Kier molecular flexibility index (Phi) is 4.72. The molecule has 0 unspecified atom stereocenters. The Morgan fingerprint density at radius 2 is 1.71 bits per heavy atom. The number of morpholine rings is 1. The van der Waals surface area contributed by atoms with Crippen molar-refractivity contribution in [1.29, 1.82) is 0 Å². The van der Waals surface area contributed by atoms with Crippen LogP contribution in [-0.2, 0) is 9.47 Å². The van der Waals surface area contributed by atoms with Gasteiger partial charge in [-0.3, -0.25) is 0 Å². The van der Waals surface area contributed by atoms with Crippen LogP contribution in [0.25, 0.3) is 0 Å². The fourth-order valence-corrected chi connectivity index (χ4v) is 2.78. The van der Waals surface area contributed by atoms with Crippen molar-refractivity contribution >= 4 is 23.5 Å². The molecule has 3 heterocycles. The first-order chi connectivity index (χ1) is 10.2. The fourth-order valence-electron chi connectivity index (χ4n) is 2.63. The average molecular weight is 314 g/mol. The minimum atomic E-state index is 0.236. The zero-order valence-electron chi connectivity index (χ0n) is 12.2. The van der Waals surface area contributed by atoms with Crippen LogP contribution < -0.4 is 9.80 Å². The molecule has 0 radical (unpaired) electrons. The van der Waals surface area contributed by atoms with Crippen molar-refractivity contribution in [3.8, 4) is 0 Å². The first-order valence-electron chi connectivity index (χ1n) is 7.29. The number of rotatable bonds is 3. The quantitative estimate of drug-likeness (QED) is 0.824. The van der Waals surface area contributed by atoms with Gasteiger partial charge in [0.15, 0.2) is 0 Å². The first kappa shape index (κ1) is 14.7. The van der Waals surface area contributed by atoms with Gasteiger partial charge in [0.05, 0.1) is 13.2 Å². The summed E-state index contributed by atoms with van der Waals surface area (Å²) >= 11 is 6.08. The molecule has 7 nitrogen and oxygen atoms in total. The van der Waals surface area contributed by atoms with E-state index in [1.165, 1.54) is 0 Å². The van der Waals surface area contributed by atoms with E-state index >= 15 is 0 Å². The highest BCUT2D eigenvalue weighted by atomic mass is 35.5. The molecule has 0 saturated carbocycles. The molecule has 0 N–H and O–H groups in total. The standard InChI is InChI=1S/C13H20ClN5O2/c1-18(10-2-6-20-7-3-10)12-15-11(14)16-13(17-12)19-4-8-21-9-5-19/h10H,2-9H2,1H3. The van der Waals surface area contributed by atoms with Crippen LogP contribution >= 0.6 is 11.6 Å². The Balaban J connectivity index is 1.79. The van der Waals surface area contributed by atoms with Gasteiger partial charge in [0.2, 0.25) is 17.2 Å². The lowest BCUT2D eigenvalue weighted by molar-refractivity contribution is 0.0852. The molecule has 2 aliphatic heterocycles. The molecule has 21 heavy (non-hydrogen) atoms. The number of ether oxygens (including phenoxy) is 2. The summed E-state index contributed by atoms with van der Waals surface area (Å²) in [6.45, 7) is 4.50. The minimum absolute atomic E-state index is 0.236. The summed E-state index contributed by atoms with van der Waals surface area (Å²) < 4.78 is 10.8. The summed E-state index contributed by atoms with van der Waals surface area (Å²) in [5.41, 5.74) is 0. The normalized spacial score (nSPS) is 20.6. The van der Waals surface area contributed by atoms with E-state index < -0.39 is 0 Å². The van der Waals surface area contributed by atoms with Gasteiger partial charge in [-0.25, -0.2) is 0 Å². The first-order valence-corrected chi connectivity index (χ1v) is 7.66. The van der Waals surface area contributed by atoms with E-state index in [4.69, 9.17) is 21.1 Å². The molecule has 116 valence electrons. The van der Waals surface area contributed by atoms with Gasteiger partial charge in [-0.05, 0) is 24.4 Å². The van der Waals surface area contributed by atoms with Crippen molar-refractivity contribution in [2.24, 2.45) is 0 Å². The molecule has 0 atom stereocenters. The average Bonchev–Trinajstić information content (AvgIpc) is 2.55. The molecular weight excluding hydrogens is 294 g/mol. The van der Waals surface area contributed by atoms with Crippen LogP contribution in [0.4, 0.5) is 11.9 Å². The maximum Gasteiger partial charge on any atom is 0.231 e. The smallest absolute Gasteiger partial charge is 0.231 e. The maximum atomic E-state index is 6.08. The van der Waals surface area contributed by atoms with Gasteiger partial charge in [0.1, 0.15) is 0 Å². The second kappa shape index (κ2) is 6.72. The largest absolute Gasteiger partial charge is 0.381 e. The third-order valence-corrected chi connectivity index (χ3v) is 4.10. The Morgan fingerprint density at radius 3 is 2.43 bits per heavy atom. The third kappa shape index (κ3) is 3.53. The molecule has 0 aliphatic carbocycles. The van der Waals surface area contributed by atoms with E-state index in [2.05, 4.69) is 24.8 Å². The van der Waals surface area contributed by atoms with Crippen LogP contribution in [0.3, 0.4) is 0 Å². The number of halogens is 1. The van der Waals surface area contributed by atoms with Crippen LogP contribution in [0.1, 0.15) is 12.8 Å². The Labute approximate surface area is 129 Å². The van der Waals surface area contributed by atoms with Crippen LogP contribution in [0, 0.1) is 0 Å². The van der Waals surface area contributed by atoms with E-state index in [0.29, 0.717) is 31.2 Å². The lowest BCUT2D eigenvalue weighted by atomic mass is 10.1. The van der Waals surface area contributed by atoms with Gasteiger partial charge in [-0.1, -0.05) is 0 Å².